The summed E-state index contributed by atoms with van der Waals surface area (Å²) in [6.45, 7) is 9.74. The fourth-order valence-corrected chi connectivity index (χ4v) is 11.0. The van der Waals surface area contributed by atoms with Crippen molar-refractivity contribution in [2.75, 3.05) is 27.9 Å². The van der Waals surface area contributed by atoms with E-state index in [9.17, 15) is 4.79 Å². The Hall–Kier alpha value is -0.476. The van der Waals surface area contributed by atoms with Gasteiger partial charge in [-0.3, -0.25) is 0 Å². The van der Waals surface area contributed by atoms with Gasteiger partial charge in [0.15, 0.2) is 0 Å². The average Bonchev–Trinajstić information content (AvgIpc) is 2.31. The number of ether oxygens (including phenoxy) is 1. The maximum absolute atomic E-state index is 11.3. The number of rotatable bonds is 8. The molecule has 0 radical (unpaired) electrons. The molecule has 0 rings (SSSR count). The highest BCUT2D eigenvalue weighted by atomic mass is 29.3. The maximum atomic E-state index is 11.3. The molecular formula is C11H24O5Si2. The normalized spacial score (nSPS) is 12.3. The van der Waals surface area contributed by atoms with E-state index < -0.39 is 15.9 Å². The van der Waals surface area contributed by atoms with Crippen molar-refractivity contribution in [2.24, 2.45) is 0 Å². The van der Waals surface area contributed by atoms with Gasteiger partial charge in [0.1, 0.15) is 7.59 Å². The predicted octanol–water partition coefficient (Wildman–Crippen LogP) is 1.77. The summed E-state index contributed by atoms with van der Waals surface area (Å²) >= 11 is 0. The first-order chi connectivity index (χ1) is 8.26. The molecular weight excluding hydrogens is 268 g/mol. The summed E-state index contributed by atoms with van der Waals surface area (Å²) in [5.41, 5.74) is 0.406. The molecule has 0 N–H and O–H groups in total. The summed E-state index contributed by atoms with van der Waals surface area (Å²) in [4.78, 5) is 11.3. The Balaban J connectivity index is 4.55. The molecule has 106 valence electrons. The van der Waals surface area contributed by atoms with Crippen LogP contribution in [0.4, 0.5) is 0 Å². The van der Waals surface area contributed by atoms with Gasteiger partial charge in [0.2, 0.25) is 0 Å². The van der Waals surface area contributed by atoms with Crippen LogP contribution >= 0.6 is 0 Å². The summed E-state index contributed by atoms with van der Waals surface area (Å²) in [5, 5.41) is 0. The van der Waals surface area contributed by atoms with Crippen LogP contribution in [0.1, 0.15) is 6.92 Å². The fraction of sp³-hybridized carbons (Fsp3) is 0.727. The van der Waals surface area contributed by atoms with E-state index in [2.05, 4.69) is 19.7 Å². The van der Waals surface area contributed by atoms with Gasteiger partial charge in [-0.15, -0.1) is 0 Å². The quantitative estimate of drug-likeness (QED) is 0.388. The molecule has 0 fully saturated rings. The number of esters is 1. The second kappa shape index (κ2) is 7.20. The van der Waals surface area contributed by atoms with Crippen molar-refractivity contribution in [2.45, 2.75) is 26.1 Å². The van der Waals surface area contributed by atoms with Gasteiger partial charge >= 0.3 is 14.3 Å². The molecule has 5 nitrogen and oxygen atoms in total. The van der Waals surface area contributed by atoms with Gasteiger partial charge in [0.25, 0.3) is 0 Å². The van der Waals surface area contributed by atoms with Gasteiger partial charge in [0.05, 0.1) is 6.61 Å². The molecule has 0 spiro atoms. The summed E-state index contributed by atoms with van der Waals surface area (Å²) in [6.07, 6.45) is 0. The van der Waals surface area contributed by atoms with Gasteiger partial charge in [-0.05, 0) is 13.0 Å². The molecule has 18 heavy (non-hydrogen) atoms. The van der Waals surface area contributed by atoms with E-state index >= 15 is 0 Å². The van der Waals surface area contributed by atoms with E-state index in [4.69, 9.17) is 18.0 Å². The lowest BCUT2D eigenvalue weighted by Gasteiger charge is -2.37. The van der Waals surface area contributed by atoms with Crippen molar-refractivity contribution < 1.29 is 22.8 Å². The third-order valence-electron chi connectivity index (χ3n) is 2.94. The van der Waals surface area contributed by atoms with E-state index in [0.717, 1.165) is 6.04 Å². The van der Waals surface area contributed by atoms with Gasteiger partial charge in [-0.25, -0.2) is 4.79 Å². The predicted molar refractivity (Wildman–Crippen MR) is 74.8 cm³/mol. The first kappa shape index (κ1) is 17.5. The molecule has 0 amide bonds. The first-order valence-electron chi connectivity index (χ1n) is 5.74. The Morgan fingerprint density at radius 3 is 1.89 bits per heavy atom. The Morgan fingerprint density at radius 2 is 1.56 bits per heavy atom. The minimum absolute atomic E-state index is 0.343. The Kier molecular flexibility index (Phi) is 7.01. The van der Waals surface area contributed by atoms with Gasteiger partial charge < -0.3 is 18.0 Å². The SMILES string of the molecule is C=C(C)C(=O)OCC[Si](C)(C)[Si](OC)(OC)OC. The van der Waals surface area contributed by atoms with Crippen LogP contribution in [0.3, 0.4) is 0 Å². The van der Waals surface area contributed by atoms with E-state index in [-0.39, 0.29) is 5.97 Å². The monoisotopic (exact) mass is 292 g/mol. The van der Waals surface area contributed by atoms with Gasteiger partial charge in [-0.1, -0.05) is 19.7 Å². The topological polar surface area (TPSA) is 54.0 Å². The number of hydrogen-bond donors (Lipinski definition) is 0. The zero-order valence-corrected chi connectivity index (χ0v) is 14.2. The third-order valence-corrected chi connectivity index (χ3v) is 15.2. The summed E-state index contributed by atoms with van der Waals surface area (Å²) in [5.74, 6) is -0.362. The number of carbonyl (C=O) groups excluding carboxylic acids is 1. The third kappa shape index (κ3) is 4.02. The molecule has 0 aliphatic carbocycles. The molecule has 0 aromatic heterocycles. The molecule has 0 aromatic rings. The highest BCUT2D eigenvalue weighted by Gasteiger charge is 2.54. The lowest BCUT2D eigenvalue weighted by Crippen LogP contribution is -2.64. The second-order valence-corrected chi connectivity index (χ2v) is 17.2. The van der Waals surface area contributed by atoms with Crippen molar-refractivity contribution in [1.82, 2.24) is 0 Å². The van der Waals surface area contributed by atoms with E-state index in [1.165, 1.54) is 0 Å². The summed E-state index contributed by atoms with van der Waals surface area (Å²) in [6, 6.07) is 0.730. The van der Waals surface area contributed by atoms with Crippen molar-refractivity contribution in [1.29, 1.82) is 0 Å². The molecule has 0 bridgehead atoms. The molecule has 0 aliphatic heterocycles. The van der Waals surface area contributed by atoms with Crippen molar-refractivity contribution in [3.05, 3.63) is 12.2 Å². The Morgan fingerprint density at radius 1 is 1.11 bits per heavy atom. The standard InChI is InChI=1S/C11H24O5Si2/c1-10(2)11(12)16-8-9-17(6,7)18(13-3,14-4)15-5/h1,8-9H2,2-7H3. The average molecular weight is 292 g/mol. The van der Waals surface area contributed by atoms with Crippen LogP contribution in [0.25, 0.3) is 0 Å². The van der Waals surface area contributed by atoms with Crippen LogP contribution in [-0.4, -0.2) is 49.8 Å². The summed E-state index contributed by atoms with van der Waals surface area (Å²) in [7, 11) is 0.277. The minimum atomic E-state index is -2.62. The van der Waals surface area contributed by atoms with Crippen LogP contribution < -0.4 is 0 Å². The maximum Gasteiger partial charge on any atom is 0.468 e. The fourth-order valence-electron chi connectivity index (χ4n) is 1.75. The van der Waals surface area contributed by atoms with Crippen LogP contribution in [0.15, 0.2) is 12.2 Å². The number of carbonyl (C=O) groups is 1. The van der Waals surface area contributed by atoms with Crippen molar-refractivity contribution in [3.63, 3.8) is 0 Å². The summed E-state index contributed by atoms with van der Waals surface area (Å²) < 4.78 is 21.6. The van der Waals surface area contributed by atoms with E-state index in [0.29, 0.717) is 12.2 Å². The van der Waals surface area contributed by atoms with E-state index in [1.807, 2.05) is 0 Å². The van der Waals surface area contributed by atoms with E-state index in [1.54, 1.807) is 28.3 Å². The zero-order chi connectivity index (χ0) is 14.4. The molecule has 0 atom stereocenters. The second-order valence-electron chi connectivity index (χ2n) is 4.72. The lowest BCUT2D eigenvalue weighted by molar-refractivity contribution is -0.138. The highest BCUT2D eigenvalue weighted by molar-refractivity contribution is 7.34. The minimum Gasteiger partial charge on any atom is -0.463 e. The largest absolute Gasteiger partial charge is 0.468 e. The molecule has 0 aliphatic rings. The molecule has 0 saturated heterocycles. The van der Waals surface area contributed by atoms with Gasteiger partial charge in [0, 0.05) is 26.9 Å². The molecule has 0 unspecified atom stereocenters. The highest BCUT2D eigenvalue weighted by Crippen LogP contribution is 2.25. The number of hydrogen-bond acceptors (Lipinski definition) is 5. The zero-order valence-electron chi connectivity index (χ0n) is 12.2. The molecule has 0 saturated carbocycles. The van der Waals surface area contributed by atoms with Crippen LogP contribution in [0.5, 0.6) is 0 Å². The van der Waals surface area contributed by atoms with Crippen LogP contribution in [0, 0.1) is 0 Å². The first-order valence-corrected chi connectivity index (χ1v) is 11.7. The van der Waals surface area contributed by atoms with Crippen LogP contribution in [0.2, 0.25) is 19.1 Å². The van der Waals surface area contributed by atoms with Crippen molar-refractivity contribution >= 4 is 21.9 Å². The molecule has 0 aromatic carbocycles. The lowest BCUT2D eigenvalue weighted by atomic mass is 10.4. The van der Waals surface area contributed by atoms with Crippen molar-refractivity contribution in [3.8, 4) is 0 Å². The van der Waals surface area contributed by atoms with Crippen LogP contribution in [-0.2, 0) is 22.8 Å². The Bertz CT molecular complexity index is 292. The smallest absolute Gasteiger partial charge is 0.463 e. The Labute approximate surface area is 111 Å². The molecule has 0 heterocycles. The van der Waals surface area contributed by atoms with Gasteiger partial charge in [-0.2, -0.15) is 0 Å². The molecule has 7 heteroatoms.